The highest BCUT2D eigenvalue weighted by Crippen LogP contribution is 2.47. The average molecular weight is 344 g/mol. The second-order valence-corrected chi connectivity index (χ2v) is 9.10. The Kier molecular flexibility index (Phi) is 3.16. The third kappa shape index (κ3) is 2.11. The lowest BCUT2D eigenvalue weighted by atomic mass is 9.71. The minimum atomic E-state index is -3.22. The van der Waals surface area contributed by atoms with Gasteiger partial charge in [0.05, 0.1) is 17.1 Å². The molecule has 0 unspecified atom stereocenters. The molecule has 126 valence electrons. The van der Waals surface area contributed by atoms with E-state index in [1.165, 1.54) is 6.33 Å². The molecule has 1 aromatic heterocycles. The maximum Gasteiger partial charge on any atom is 0.235 e. The molecule has 0 spiro atoms. The number of benzene rings is 1. The number of nitrogens with two attached hydrogens (primary N) is 1. The van der Waals surface area contributed by atoms with Gasteiger partial charge in [0.25, 0.3) is 0 Å². The lowest BCUT2D eigenvalue weighted by Gasteiger charge is -2.36. The monoisotopic (exact) mass is 344 g/mol. The van der Waals surface area contributed by atoms with Gasteiger partial charge in [0.1, 0.15) is 12.1 Å². The van der Waals surface area contributed by atoms with Crippen molar-refractivity contribution in [2.75, 3.05) is 22.3 Å². The van der Waals surface area contributed by atoms with Crippen LogP contribution in [0.5, 0.6) is 0 Å². The van der Waals surface area contributed by atoms with Gasteiger partial charge in [-0.25, -0.2) is 18.4 Å². The molecule has 2 aliphatic rings. The summed E-state index contributed by atoms with van der Waals surface area (Å²) < 4.78 is 26.3. The molecule has 4 rings (SSSR count). The first-order valence-electron chi connectivity index (χ1n) is 8.05. The van der Waals surface area contributed by atoms with Crippen LogP contribution in [0.2, 0.25) is 0 Å². The summed E-state index contributed by atoms with van der Waals surface area (Å²) >= 11 is 0. The number of hydrogen-bond donors (Lipinski definition) is 1. The van der Waals surface area contributed by atoms with Crippen molar-refractivity contribution in [3.05, 3.63) is 35.7 Å². The van der Waals surface area contributed by atoms with Crippen LogP contribution in [0.3, 0.4) is 0 Å². The summed E-state index contributed by atoms with van der Waals surface area (Å²) in [4.78, 5) is 8.61. The summed E-state index contributed by atoms with van der Waals surface area (Å²) in [6, 6.07) is 5.78. The largest absolute Gasteiger partial charge is 0.383 e. The second kappa shape index (κ2) is 4.92. The number of anilines is 2. The Morgan fingerprint density at radius 1 is 1.25 bits per heavy atom. The van der Waals surface area contributed by atoms with Crippen LogP contribution in [-0.4, -0.2) is 30.7 Å². The van der Waals surface area contributed by atoms with Gasteiger partial charge in [-0.3, -0.25) is 4.31 Å². The van der Waals surface area contributed by atoms with E-state index >= 15 is 0 Å². The molecule has 0 radical (unpaired) electrons. The molecule has 1 aromatic carbocycles. The van der Waals surface area contributed by atoms with Crippen LogP contribution in [0.1, 0.15) is 31.4 Å². The van der Waals surface area contributed by atoms with Gasteiger partial charge in [0, 0.05) is 17.7 Å². The van der Waals surface area contributed by atoms with E-state index in [0.717, 1.165) is 28.1 Å². The molecular formula is C17H20N4O2S. The zero-order valence-electron chi connectivity index (χ0n) is 13.8. The number of aromatic nitrogens is 2. The molecule has 0 saturated carbocycles. The molecule has 1 fully saturated rings. The fourth-order valence-electron chi connectivity index (χ4n) is 3.93. The van der Waals surface area contributed by atoms with E-state index in [2.05, 4.69) is 23.8 Å². The zero-order valence-corrected chi connectivity index (χ0v) is 14.6. The van der Waals surface area contributed by atoms with Gasteiger partial charge < -0.3 is 5.73 Å². The van der Waals surface area contributed by atoms with Gasteiger partial charge in [-0.1, -0.05) is 26.0 Å². The lowest BCUT2D eigenvalue weighted by molar-refractivity contribution is 0.514. The van der Waals surface area contributed by atoms with Crippen molar-refractivity contribution in [2.45, 2.75) is 32.1 Å². The first-order valence-corrected chi connectivity index (χ1v) is 9.66. The fourth-order valence-corrected chi connectivity index (χ4v) is 5.52. The van der Waals surface area contributed by atoms with Crippen molar-refractivity contribution >= 4 is 21.5 Å². The van der Waals surface area contributed by atoms with E-state index in [1.54, 1.807) is 4.31 Å². The second-order valence-electron chi connectivity index (χ2n) is 7.09. The van der Waals surface area contributed by atoms with E-state index in [0.29, 0.717) is 25.2 Å². The summed E-state index contributed by atoms with van der Waals surface area (Å²) in [5.41, 5.74) is 10.4. The molecule has 2 heterocycles. The third-order valence-corrected chi connectivity index (χ3v) is 6.80. The molecule has 24 heavy (non-hydrogen) atoms. The minimum Gasteiger partial charge on any atom is -0.383 e. The maximum atomic E-state index is 12.4. The predicted octanol–water partition coefficient (Wildman–Crippen LogP) is 2.10. The summed E-state index contributed by atoms with van der Waals surface area (Å²) in [6.45, 7) is 4.74. The summed E-state index contributed by atoms with van der Waals surface area (Å²) in [5, 5.41) is 0. The smallest absolute Gasteiger partial charge is 0.235 e. The number of sulfonamides is 1. The van der Waals surface area contributed by atoms with Crippen molar-refractivity contribution in [1.29, 1.82) is 0 Å². The quantitative estimate of drug-likeness (QED) is 0.856. The zero-order chi connectivity index (χ0) is 17.1. The standard InChI is InChI=1S/C17H20N4O2S/c1-17(2)9-12-11(15-14(17)16(18)20-10-19-15)5-3-6-13(12)21-7-4-8-24(21,22)23/h3,5-6,10H,4,7-9H2,1-2H3,(H2,18,19,20). The summed E-state index contributed by atoms with van der Waals surface area (Å²) in [5.74, 6) is 0.709. The van der Waals surface area contributed by atoms with Crippen LogP contribution in [0.25, 0.3) is 11.3 Å². The first kappa shape index (κ1) is 15.4. The summed E-state index contributed by atoms with van der Waals surface area (Å²) in [7, 11) is -3.22. The van der Waals surface area contributed by atoms with Gasteiger partial charge in [-0.15, -0.1) is 0 Å². The van der Waals surface area contributed by atoms with Crippen molar-refractivity contribution in [3.8, 4) is 11.3 Å². The van der Waals surface area contributed by atoms with Crippen molar-refractivity contribution in [3.63, 3.8) is 0 Å². The molecular weight excluding hydrogens is 324 g/mol. The molecule has 1 saturated heterocycles. The number of nitrogen functional groups attached to an aromatic ring is 1. The Morgan fingerprint density at radius 3 is 2.75 bits per heavy atom. The number of nitrogens with zero attached hydrogens (tertiary/aromatic N) is 3. The molecule has 0 bridgehead atoms. The van der Waals surface area contributed by atoms with Crippen molar-refractivity contribution < 1.29 is 8.42 Å². The normalized spacial score (nSPS) is 20.5. The molecule has 2 N–H and O–H groups in total. The minimum absolute atomic E-state index is 0.214. The number of fused-ring (bicyclic) bond motifs is 3. The molecule has 0 amide bonds. The van der Waals surface area contributed by atoms with E-state index in [4.69, 9.17) is 5.73 Å². The van der Waals surface area contributed by atoms with Crippen LogP contribution in [-0.2, 0) is 21.9 Å². The van der Waals surface area contributed by atoms with Crippen LogP contribution in [0.15, 0.2) is 24.5 Å². The highest BCUT2D eigenvalue weighted by molar-refractivity contribution is 7.93. The Hall–Kier alpha value is -2.15. The van der Waals surface area contributed by atoms with Crippen LogP contribution < -0.4 is 10.0 Å². The lowest BCUT2D eigenvalue weighted by Crippen LogP contribution is -2.32. The Morgan fingerprint density at radius 2 is 2.04 bits per heavy atom. The Bertz CT molecular complexity index is 938. The van der Waals surface area contributed by atoms with Crippen LogP contribution in [0.4, 0.5) is 11.5 Å². The SMILES string of the molecule is CC1(C)Cc2c(cccc2N2CCCS2(=O)=O)-c2ncnc(N)c21. The predicted molar refractivity (Wildman–Crippen MR) is 94.4 cm³/mol. The third-order valence-electron chi connectivity index (χ3n) is 4.95. The van der Waals surface area contributed by atoms with E-state index < -0.39 is 10.0 Å². The van der Waals surface area contributed by atoms with Gasteiger partial charge in [0.2, 0.25) is 10.0 Å². The molecule has 2 aromatic rings. The number of rotatable bonds is 1. The van der Waals surface area contributed by atoms with E-state index in [1.807, 2.05) is 18.2 Å². The first-order chi connectivity index (χ1) is 11.3. The molecule has 7 heteroatoms. The molecule has 1 aliphatic carbocycles. The Labute approximate surface area is 141 Å². The van der Waals surface area contributed by atoms with Crippen LogP contribution >= 0.6 is 0 Å². The van der Waals surface area contributed by atoms with Gasteiger partial charge in [0.15, 0.2) is 0 Å². The van der Waals surface area contributed by atoms with Crippen molar-refractivity contribution in [2.24, 2.45) is 0 Å². The highest BCUT2D eigenvalue weighted by atomic mass is 32.2. The van der Waals surface area contributed by atoms with Gasteiger partial charge in [-0.05, 0) is 29.9 Å². The topological polar surface area (TPSA) is 89.2 Å². The number of hydrogen-bond acceptors (Lipinski definition) is 5. The van der Waals surface area contributed by atoms with E-state index in [-0.39, 0.29) is 11.2 Å². The van der Waals surface area contributed by atoms with Crippen LogP contribution in [0, 0.1) is 0 Å². The molecule has 6 nitrogen and oxygen atoms in total. The molecule has 1 aliphatic heterocycles. The summed E-state index contributed by atoms with van der Waals surface area (Å²) in [6.07, 6.45) is 2.84. The molecule has 0 atom stereocenters. The van der Waals surface area contributed by atoms with Gasteiger partial charge in [-0.2, -0.15) is 0 Å². The van der Waals surface area contributed by atoms with Crippen molar-refractivity contribution in [1.82, 2.24) is 9.97 Å². The highest BCUT2D eigenvalue weighted by Gasteiger charge is 2.38. The average Bonchev–Trinajstić information content (AvgIpc) is 2.85. The maximum absolute atomic E-state index is 12.4. The van der Waals surface area contributed by atoms with E-state index in [9.17, 15) is 8.42 Å². The fraction of sp³-hybridized carbons (Fsp3) is 0.412. The Balaban J connectivity index is 1.99. The van der Waals surface area contributed by atoms with Gasteiger partial charge >= 0.3 is 0 Å².